The van der Waals surface area contributed by atoms with Crippen LogP contribution in [0.2, 0.25) is 0 Å². The maximum Gasteiger partial charge on any atom is 0.387 e. The summed E-state index contributed by atoms with van der Waals surface area (Å²) >= 11 is 1.08. The number of halogens is 2. The topological polar surface area (TPSA) is 81.7 Å². The predicted molar refractivity (Wildman–Crippen MR) is 87.0 cm³/mol. The fourth-order valence-corrected chi connectivity index (χ4v) is 3.85. The van der Waals surface area contributed by atoms with Gasteiger partial charge in [-0.25, -0.2) is 13.1 Å². The average Bonchev–Trinajstić information content (AvgIpc) is 3.09. The Balaban J connectivity index is 1.72. The average molecular weight is 391 g/mol. The summed E-state index contributed by atoms with van der Waals surface area (Å²) in [4.78, 5) is 11.6. The largest absolute Gasteiger partial charge is 0.461 e. The van der Waals surface area contributed by atoms with Crippen molar-refractivity contribution in [2.75, 3.05) is 6.54 Å². The van der Waals surface area contributed by atoms with Crippen molar-refractivity contribution in [1.29, 1.82) is 0 Å². The maximum absolute atomic E-state index is 12.0. The van der Waals surface area contributed by atoms with Gasteiger partial charge in [0.05, 0.1) is 6.42 Å². The van der Waals surface area contributed by atoms with E-state index in [0.29, 0.717) is 5.56 Å². The molecular weight excluding hydrogens is 376 g/mol. The number of esters is 1. The Morgan fingerprint density at radius 2 is 1.92 bits per heavy atom. The van der Waals surface area contributed by atoms with Crippen molar-refractivity contribution in [1.82, 2.24) is 4.72 Å². The molecule has 2 aromatic rings. The van der Waals surface area contributed by atoms with E-state index in [1.807, 2.05) is 0 Å². The molecule has 0 radical (unpaired) electrons. The highest BCUT2D eigenvalue weighted by molar-refractivity contribution is 7.91. The summed E-state index contributed by atoms with van der Waals surface area (Å²) in [6, 6.07) is 8.74. The molecule has 0 atom stereocenters. The summed E-state index contributed by atoms with van der Waals surface area (Å²) in [6.07, 6.45) is -0.128. The van der Waals surface area contributed by atoms with Gasteiger partial charge < -0.3 is 9.47 Å². The van der Waals surface area contributed by atoms with Gasteiger partial charge in [-0.15, -0.1) is 11.3 Å². The molecule has 136 valence electrons. The molecule has 1 aromatic heterocycles. The molecule has 25 heavy (non-hydrogen) atoms. The fourth-order valence-electron chi connectivity index (χ4n) is 1.78. The highest BCUT2D eigenvalue weighted by Crippen LogP contribution is 2.16. The molecule has 0 aliphatic heterocycles. The molecule has 0 amide bonds. The SMILES string of the molecule is O=C(CCNS(=O)(=O)c1cccs1)OCc1ccc(OC(F)F)cc1. The van der Waals surface area contributed by atoms with Gasteiger partial charge in [-0.05, 0) is 29.1 Å². The van der Waals surface area contributed by atoms with Gasteiger partial charge in [-0.2, -0.15) is 8.78 Å². The lowest BCUT2D eigenvalue weighted by atomic mass is 10.2. The van der Waals surface area contributed by atoms with Crippen LogP contribution in [0.4, 0.5) is 8.78 Å². The highest BCUT2D eigenvalue weighted by atomic mass is 32.2. The third kappa shape index (κ3) is 6.40. The molecule has 0 fully saturated rings. The molecule has 0 aliphatic carbocycles. The van der Waals surface area contributed by atoms with Crippen LogP contribution in [0.1, 0.15) is 12.0 Å². The van der Waals surface area contributed by atoms with E-state index in [1.54, 1.807) is 11.4 Å². The van der Waals surface area contributed by atoms with Gasteiger partial charge in [0, 0.05) is 6.54 Å². The molecule has 0 aliphatic rings. The molecule has 1 N–H and O–H groups in total. The van der Waals surface area contributed by atoms with Gasteiger partial charge in [-0.3, -0.25) is 4.79 Å². The van der Waals surface area contributed by atoms with Crippen LogP contribution in [0.25, 0.3) is 0 Å². The van der Waals surface area contributed by atoms with Crippen LogP contribution in [0, 0.1) is 0 Å². The Kier molecular flexibility index (Phi) is 6.85. The van der Waals surface area contributed by atoms with Gasteiger partial charge >= 0.3 is 12.6 Å². The summed E-state index contributed by atoms with van der Waals surface area (Å²) in [5.74, 6) is -0.574. The molecule has 2 rings (SSSR count). The Bertz CT molecular complexity index is 777. The van der Waals surface area contributed by atoms with Gasteiger partial charge in [0.2, 0.25) is 10.0 Å². The first kappa shape index (κ1) is 19.3. The van der Waals surface area contributed by atoms with Crippen LogP contribution in [0.5, 0.6) is 5.75 Å². The highest BCUT2D eigenvalue weighted by Gasteiger charge is 2.15. The second-order valence-electron chi connectivity index (χ2n) is 4.76. The molecule has 1 heterocycles. The quantitative estimate of drug-likeness (QED) is 0.665. The lowest BCUT2D eigenvalue weighted by Gasteiger charge is -2.08. The van der Waals surface area contributed by atoms with Crippen molar-refractivity contribution >= 4 is 27.3 Å². The first-order chi connectivity index (χ1) is 11.9. The lowest BCUT2D eigenvalue weighted by Crippen LogP contribution is -2.26. The van der Waals surface area contributed by atoms with Crippen molar-refractivity contribution in [3.63, 3.8) is 0 Å². The number of carbonyl (C=O) groups is 1. The zero-order chi connectivity index (χ0) is 18.3. The smallest absolute Gasteiger partial charge is 0.387 e. The van der Waals surface area contributed by atoms with E-state index < -0.39 is 22.6 Å². The monoisotopic (exact) mass is 391 g/mol. The molecule has 6 nitrogen and oxygen atoms in total. The Hall–Kier alpha value is -2.04. The van der Waals surface area contributed by atoms with Crippen molar-refractivity contribution in [2.24, 2.45) is 0 Å². The van der Waals surface area contributed by atoms with E-state index >= 15 is 0 Å². The van der Waals surface area contributed by atoms with Crippen LogP contribution >= 0.6 is 11.3 Å². The minimum atomic E-state index is -3.61. The number of hydrogen-bond donors (Lipinski definition) is 1. The molecular formula is C15H15F2NO5S2. The number of alkyl halides is 2. The summed E-state index contributed by atoms with van der Waals surface area (Å²) < 4.78 is 59.4. The van der Waals surface area contributed by atoms with Gasteiger partial charge in [0.25, 0.3) is 0 Å². The van der Waals surface area contributed by atoms with Gasteiger partial charge in [0.15, 0.2) is 0 Å². The summed E-state index contributed by atoms with van der Waals surface area (Å²) in [7, 11) is -3.61. The van der Waals surface area contributed by atoms with E-state index in [9.17, 15) is 22.0 Å². The number of carbonyl (C=O) groups excluding carboxylic acids is 1. The first-order valence-electron chi connectivity index (χ1n) is 7.09. The van der Waals surface area contributed by atoms with E-state index in [0.717, 1.165) is 11.3 Å². The lowest BCUT2D eigenvalue weighted by molar-refractivity contribution is -0.144. The molecule has 1 aromatic carbocycles. The van der Waals surface area contributed by atoms with Crippen molar-refractivity contribution < 1.29 is 31.5 Å². The normalized spacial score (nSPS) is 11.5. The number of rotatable bonds is 9. The second-order valence-corrected chi connectivity index (χ2v) is 7.70. The van der Waals surface area contributed by atoms with Crippen LogP contribution in [-0.4, -0.2) is 27.5 Å². The molecule has 0 saturated carbocycles. The predicted octanol–water partition coefficient (Wildman–Crippen LogP) is 2.76. The number of thiophene rings is 1. The Morgan fingerprint density at radius 3 is 2.52 bits per heavy atom. The first-order valence-corrected chi connectivity index (χ1v) is 9.45. The Morgan fingerprint density at radius 1 is 1.20 bits per heavy atom. The van der Waals surface area contributed by atoms with E-state index in [1.165, 1.54) is 30.3 Å². The van der Waals surface area contributed by atoms with Crippen LogP contribution in [0.3, 0.4) is 0 Å². The fraction of sp³-hybridized carbons (Fsp3) is 0.267. The zero-order valence-electron chi connectivity index (χ0n) is 12.9. The van der Waals surface area contributed by atoms with Gasteiger partial charge in [-0.1, -0.05) is 18.2 Å². The molecule has 10 heteroatoms. The van der Waals surface area contributed by atoms with Crippen molar-refractivity contribution in [2.45, 2.75) is 23.8 Å². The molecule has 0 unspecified atom stereocenters. The number of ether oxygens (including phenoxy) is 2. The van der Waals surface area contributed by atoms with Crippen molar-refractivity contribution in [3.05, 3.63) is 47.3 Å². The Labute approximate surface area is 147 Å². The maximum atomic E-state index is 12.0. The van der Waals surface area contributed by atoms with Crippen LogP contribution < -0.4 is 9.46 Å². The third-order valence-electron chi connectivity index (χ3n) is 2.93. The van der Waals surface area contributed by atoms with E-state index in [-0.39, 0.29) is 29.5 Å². The third-order valence-corrected chi connectivity index (χ3v) is 5.79. The summed E-state index contributed by atoms with van der Waals surface area (Å²) in [5.41, 5.74) is 0.592. The number of benzene rings is 1. The van der Waals surface area contributed by atoms with Crippen LogP contribution in [0.15, 0.2) is 46.0 Å². The standard InChI is InChI=1S/C15H15F2NO5S2/c16-15(17)23-12-5-3-11(4-6-12)10-22-13(19)7-8-18-25(20,21)14-2-1-9-24-14/h1-6,9,15,18H,7-8,10H2. The van der Waals surface area contributed by atoms with Crippen molar-refractivity contribution in [3.8, 4) is 5.75 Å². The van der Waals surface area contributed by atoms with E-state index in [4.69, 9.17) is 4.74 Å². The summed E-state index contributed by atoms with van der Waals surface area (Å²) in [6.45, 7) is -3.03. The number of sulfonamides is 1. The number of nitrogens with one attached hydrogen (secondary N) is 1. The zero-order valence-corrected chi connectivity index (χ0v) is 14.5. The molecule has 0 saturated heterocycles. The van der Waals surface area contributed by atoms with E-state index in [2.05, 4.69) is 9.46 Å². The van der Waals surface area contributed by atoms with Gasteiger partial charge in [0.1, 0.15) is 16.6 Å². The summed E-state index contributed by atoms with van der Waals surface area (Å²) in [5, 5.41) is 1.64. The minimum absolute atomic E-state index is 0.00746. The minimum Gasteiger partial charge on any atom is -0.461 e. The second kappa shape index (κ2) is 8.88. The molecule has 0 bridgehead atoms. The van der Waals surface area contributed by atoms with Crippen LogP contribution in [-0.2, 0) is 26.2 Å². The molecule has 0 spiro atoms. The number of hydrogen-bond acceptors (Lipinski definition) is 6.